The Morgan fingerprint density at radius 1 is 1.10 bits per heavy atom. The van der Waals surface area contributed by atoms with Crippen LogP contribution in [-0.2, 0) is 4.74 Å². The van der Waals surface area contributed by atoms with Crippen LogP contribution in [0, 0.1) is 20.8 Å². The van der Waals surface area contributed by atoms with Gasteiger partial charge in [-0.15, -0.1) is 0 Å². The van der Waals surface area contributed by atoms with Gasteiger partial charge in [0.2, 0.25) is 0 Å². The Morgan fingerprint density at radius 2 is 1.83 bits per heavy atom. The molecule has 0 aliphatic carbocycles. The van der Waals surface area contributed by atoms with E-state index in [-0.39, 0.29) is 5.91 Å². The Hall–Kier alpha value is -2.28. The standard InChI is InChI=1S/C24H29N3O2S/c1-17-5-7-20(8-6-17)23(28)27(10-4-9-26-11-13-29-14-12-26)24-25-22-19(3)15-18(2)16-21(22)30-24/h5-8,15-16H,4,9-14H2,1-3H3/p+1. The molecule has 1 N–H and O–H groups in total. The van der Waals surface area contributed by atoms with E-state index < -0.39 is 0 Å². The first-order valence-corrected chi connectivity index (χ1v) is 11.5. The second-order valence-corrected chi connectivity index (χ2v) is 9.22. The number of hydrogen-bond donors (Lipinski definition) is 1. The van der Waals surface area contributed by atoms with Crippen molar-refractivity contribution < 1.29 is 14.4 Å². The van der Waals surface area contributed by atoms with E-state index in [1.807, 2.05) is 36.1 Å². The Bertz CT molecular complexity index is 1020. The van der Waals surface area contributed by atoms with Gasteiger partial charge >= 0.3 is 0 Å². The SMILES string of the molecule is Cc1ccc(C(=O)N(CCC[NH+]2CCOCC2)c2nc3c(C)cc(C)cc3s2)cc1. The van der Waals surface area contributed by atoms with Crippen molar-refractivity contribution in [3.05, 3.63) is 58.7 Å². The largest absolute Gasteiger partial charge is 0.370 e. The molecule has 30 heavy (non-hydrogen) atoms. The molecule has 1 aliphatic rings. The summed E-state index contributed by atoms with van der Waals surface area (Å²) < 4.78 is 6.60. The smallest absolute Gasteiger partial charge is 0.260 e. The number of anilines is 1. The van der Waals surface area contributed by atoms with Crippen LogP contribution in [0.15, 0.2) is 36.4 Å². The number of rotatable bonds is 6. The number of amides is 1. The van der Waals surface area contributed by atoms with Crippen LogP contribution >= 0.6 is 11.3 Å². The molecule has 0 saturated carbocycles. The van der Waals surface area contributed by atoms with Crippen LogP contribution in [0.25, 0.3) is 10.2 Å². The number of nitrogens with zero attached hydrogens (tertiary/aromatic N) is 2. The van der Waals surface area contributed by atoms with Gasteiger partial charge in [0, 0.05) is 18.5 Å². The van der Waals surface area contributed by atoms with Crippen molar-refractivity contribution in [3.8, 4) is 0 Å². The van der Waals surface area contributed by atoms with Crippen molar-refractivity contribution >= 4 is 32.6 Å². The average Bonchev–Trinajstić information content (AvgIpc) is 3.16. The third-order valence-electron chi connectivity index (χ3n) is 5.71. The first kappa shape index (κ1) is 21.0. The molecule has 4 rings (SSSR count). The zero-order valence-corrected chi connectivity index (χ0v) is 18.8. The highest BCUT2D eigenvalue weighted by atomic mass is 32.1. The molecule has 3 aromatic rings. The Balaban J connectivity index is 1.59. The Morgan fingerprint density at radius 3 is 2.57 bits per heavy atom. The average molecular weight is 425 g/mol. The second-order valence-electron chi connectivity index (χ2n) is 8.21. The van der Waals surface area contributed by atoms with Gasteiger partial charge in [0.05, 0.1) is 30.0 Å². The summed E-state index contributed by atoms with van der Waals surface area (Å²) in [5.41, 5.74) is 5.25. The third kappa shape index (κ3) is 4.72. The van der Waals surface area contributed by atoms with Crippen LogP contribution in [0.5, 0.6) is 0 Å². The van der Waals surface area contributed by atoms with E-state index >= 15 is 0 Å². The molecule has 1 aromatic heterocycles. The lowest BCUT2D eigenvalue weighted by molar-refractivity contribution is -0.908. The fraction of sp³-hybridized carbons (Fsp3) is 0.417. The van der Waals surface area contributed by atoms with Crippen molar-refractivity contribution in [3.63, 3.8) is 0 Å². The number of ether oxygens (including phenoxy) is 1. The summed E-state index contributed by atoms with van der Waals surface area (Å²) in [6.07, 6.45) is 0.945. The van der Waals surface area contributed by atoms with E-state index in [0.29, 0.717) is 12.1 Å². The summed E-state index contributed by atoms with van der Waals surface area (Å²) in [6, 6.07) is 12.1. The maximum atomic E-state index is 13.4. The molecule has 0 bridgehead atoms. The molecule has 1 amide bonds. The number of hydrogen-bond acceptors (Lipinski definition) is 4. The second kappa shape index (κ2) is 9.25. The van der Waals surface area contributed by atoms with Crippen LogP contribution < -0.4 is 9.80 Å². The molecule has 1 saturated heterocycles. The van der Waals surface area contributed by atoms with Crippen molar-refractivity contribution in [2.45, 2.75) is 27.2 Å². The van der Waals surface area contributed by atoms with Crippen LogP contribution in [-0.4, -0.2) is 50.3 Å². The van der Waals surface area contributed by atoms with Crippen molar-refractivity contribution in [1.82, 2.24) is 4.98 Å². The maximum Gasteiger partial charge on any atom is 0.260 e. The minimum absolute atomic E-state index is 0.0282. The maximum absolute atomic E-state index is 13.4. The van der Waals surface area contributed by atoms with Crippen molar-refractivity contribution in [1.29, 1.82) is 0 Å². The van der Waals surface area contributed by atoms with Gasteiger partial charge in [-0.1, -0.05) is 35.1 Å². The topological polar surface area (TPSA) is 46.9 Å². The van der Waals surface area contributed by atoms with Gasteiger partial charge in [0.1, 0.15) is 13.1 Å². The number of aryl methyl sites for hydroxylation is 3. The van der Waals surface area contributed by atoms with E-state index in [9.17, 15) is 4.79 Å². The van der Waals surface area contributed by atoms with E-state index in [4.69, 9.17) is 9.72 Å². The van der Waals surface area contributed by atoms with Gasteiger partial charge in [-0.25, -0.2) is 4.98 Å². The lowest BCUT2D eigenvalue weighted by Gasteiger charge is -2.25. The van der Waals surface area contributed by atoms with Gasteiger partial charge < -0.3 is 9.64 Å². The number of aromatic nitrogens is 1. The monoisotopic (exact) mass is 424 g/mol. The summed E-state index contributed by atoms with van der Waals surface area (Å²) >= 11 is 1.61. The lowest BCUT2D eigenvalue weighted by atomic mass is 10.1. The molecule has 1 aliphatic heterocycles. The Kier molecular flexibility index (Phi) is 6.46. The van der Waals surface area contributed by atoms with E-state index in [0.717, 1.165) is 65.7 Å². The predicted molar refractivity (Wildman–Crippen MR) is 123 cm³/mol. The molecule has 0 unspecified atom stereocenters. The number of nitrogens with one attached hydrogen (secondary N) is 1. The summed E-state index contributed by atoms with van der Waals surface area (Å²) in [6.45, 7) is 11.7. The van der Waals surface area contributed by atoms with Crippen LogP contribution in [0.2, 0.25) is 0 Å². The number of fused-ring (bicyclic) bond motifs is 1. The first-order valence-electron chi connectivity index (χ1n) is 10.7. The summed E-state index contributed by atoms with van der Waals surface area (Å²) in [5, 5.41) is 0.793. The fourth-order valence-electron chi connectivity index (χ4n) is 4.01. The molecule has 2 aromatic carbocycles. The molecule has 0 spiro atoms. The predicted octanol–water partition coefficient (Wildman–Crippen LogP) is 3.17. The van der Waals surface area contributed by atoms with Gasteiger partial charge in [0.25, 0.3) is 5.91 Å². The molecular formula is C24H30N3O2S+. The molecule has 0 atom stereocenters. The van der Waals surface area contributed by atoms with Gasteiger partial charge in [-0.3, -0.25) is 9.69 Å². The van der Waals surface area contributed by atoms with Gasteiger partial charge in [0.15, 0.2) is 5.13 Å². The zero-order valence-electron chi connectivity index (χ0n) is 18.0. The quantitative estimate of drug-likeness (QED) is 0.661. The minimum atomic E-state index is 0.0282. The highest BCUT2D eigenvalue weighted by Gasteiger charge is 2.23. The highest BCUT2D eigenvalue weighted by molar-refractivity contribution is 7.22. The molecular weight excluding hydrogens is 394 g/mol. The molecule has 1 fully saturated rings. The number of quaternary nitrogens is 1. The lowest BCUT2D eigenvalue weighted by Crippen LogP contribution is -3.14. The zero-order chi connectivity index (χ0) is 21.1. The molecule has 0 radical (unpaired) electrons. The number of benzene rings is 2. The molecule has 5 nitrogen and oxygen atoms in total. The summed E-state index contributed by atoms with van der Waals surface area (Å²) in [7, 11) is 0. The van der Waals surface area contributed by atoms with E-state index in [1.165, 1.54) is 5.56 Å². The number of thiazole rings is 1. The van der Waals surface area contributed by atoms with E-state index in [1.54, 1.807) is 16.2 Å². The molecule has 6 heteroatoms. The molecule has 2 heterocycles. The van der Waals surface area contributed by atoms with Crippen LogP contribution in [0.1, 0.15) is 33.5 Å². The van der Waals surface area contributed by atoms with Crippen molar-refractivity contribution in [2.24, 2.45) is 0 Å². The van der Waals surface area contributed by atoms with E-state index in [2.05, 4.69) is 26.0 Å². The number of carbonyl (C=O) groups is 1. The van der Waals surface area contributed by atoms with Gasteiger partial charge in [-0.05, 0) is 50.1 Å². The minimum Gasteiger partial charge on any atom is -0.370 e. The highest BCUT2D eigenvalue weighted by Crippen LogP contribution is 2.32. The van der Waals surface area contributed by atoms with Crippen LogP contribution in [0.4, 0.5) is 5.13 Å². The number of morpholine rings is 1. The molecule has 158 valence electrons. The summed E-state index contributed by atoms with van der Waals surface area (Å²) in [4.78, 5) is 21.7. The Labute approximate surface area is 182 Å². The first-order chi connectivity index (χ1) is 14.5. The van der Waals surface area contributed by atoms with Crippen molar-refractivity contribution in [2.75, 3.05) is 44.3 Å². The summed E-state index contributed by atoms with van der Waals surface area (Å²) in [5.74, 6) is 0.0282. The normalized spacial score (nSPS) is 14.9. The van der Waals surface area contributed by atoms with Gasteiger partial charge in [-0.2, -0.15) is 0 Å². The number of carbonyl (C=O) groups excluding carboxylic acids is 1. The fourth-order valence-corrected chi connectivity index (χ4v) is 5.17. The van der Waals surface area contributed by atoms with Crippen LogP contribution in [0.3, 0.4) is 0 Å². The third-order valence-corrected chi connectivity index (χ3v) is 6.73.